The Bertz CT molecular complexity index is 546. The molecule has 1 saturated carbocycles. The van der Waals surface area contributed by atoms with Gasteiger partial charge in [-0.3, -0.25) is 4.99 Å². The Morgan fingerprint density at radius 1 is 1.28 bits per heavy atom. The van der Waals surface area contributed by atoms with Gasteiger partial charge in [0.1, 0.15) is 0 Å². The number of hydrogen-bond acceptors (Lipinski definition) is 2. The van der Waals surface area contributed by atoms with E-state index in [-0.39, 0.29) is 5.41 Å². The summed E-state index contributed by atoms with van der Waals surface area (Å²) in [5, 5.41) is 3.48. The molecule has 0 bridgehead atoms. The molecule has 1 atom stereocenters. The molecule has 25 heavy (non-hydrogen) atoms. The first-order valence-electron chi connectivity index (χ1n) is 9.86. The first kappa shape index (κ1) is 18.2. The fourth-order valence-corrected chi connectivity index (χ4v) is 4.28. The van der Waals surface area contributed by atoms with Crippen LogP contribution in [0.4, 0.5) is 0 Å². The normalized spacial score (nSPS) is 23.0. The van der Waals surface area contributed by atoms with Gasteiger partial charge in [-0.1, -0.05) is 43.2 Å². The quantitative estimate of drug-likeness (QED) is 0.635. The van der Waals surface area contributed by atoms with Crippen molar-refractivity contribution in [2.45, 2.75) is 44.4 Å². The van der Waals surface area contributed by atoms with Crippen LogP contribution in [0.5, 0.6) is 0 Å². The Morgan fingerprint density at radius 3 is 2.68 bits per heavy atom. The molecule has 1 aliphatic heterocycles. The molecule has 0 spiro atoms. The van der Waals surface area contributed by atoms with E-state index < -0.39 is 0 Å². The second-order valence-electron chi connectivity index (χ2n) is 7.63. The Labute approximate surface area is 152 Å². The van der Waals surface area contributed by atoms with Crippen molar-refractivity contribution in [1.29, 1.82) is 0 Å². The molecule has 1 aromatic carbocycles. The minimum absolute atomic E-state index is 0.221. The van der Waals surface area contributed by atoms with Gasteiger partial charge in [0.25, 0.3) is 0 Å². The van der Waals surface area contributed by atoms with Crippen LogP contribution in [0.1, 0.15) is 44.6 Å². The summed E-state index contributed by atoms with van der Waals surface area (Å²) in [6.07, 6.45) is 6.30. The summed E-state index contributed by atoms with van der Waals surface area (Å²) in [6, 6.07) is 11.0. The molecule has 1 N–H and O–H groups in total. The van der Waals surface area contributed by atoms with Crippen molar-refractivity contribution in [3.8, 4) is 0 Å². The summed E-state index contributed by atoms with van der Waals surface area (Å²) < 4.78 is 5.53. The van der Waals surface area contributed by atoms with Gasteiger partial charge in [-0.25, -0.2) is 0 Å². The fourth-order valence-electron chi connectivity index (χ4n) is 4.28. The number of nitrogens with one attached hydrogen (secondary N) is 1. The van der Waals surface area contributed by atoms with E-state index in [1.807, 2.05) is 0 Å². The summed E-state index contributed by atoms with van der Waals surface area (Å²) in [6.45, 7) is 6.74. The maximum atomic E-state index is 5.53. The Balaban J connectivity index is 1.72. The summed E-state index contributed by atoms with van der Waals surface area (Å²) >= 11 is 0. The molecule has 4 heteroatoms. The highest BCUT2D eigenvalue weighted by molar-refractivity contribution is 5.79. The number of ether oxygens (including phenoxy) is 1. The second-order valence-corrected chi connectivity index (χ2v) is 7.63. The molecular weight excluding hydrogens is 310 g/mol. The zero-order chi connectivity index (χ0) is 17.5. The lowest BCUT2D eigenvalue weighted by molar-refractivity contribution is 0.181. The van der Waals surface area contributed by atoms with Crippen LogP contribution < -0.4 is 5.32 Å². The lowest BCUT2D eigenvalue weighted by atomic mass is 9.79. The molecule has 2 fully saturated rings. The summed E-state index contributed by atoms with van der Waals surface area (Å²) in [5.74, 6) is 1.67. The van der Waals surface area contributed by atoms with Gasteiger partial charge in [-0.2, -0.15) is 0 Å². The van der Waals surface area contributed by atoms with Crippen LogP contribution in [0.2, 0.25) is 0 Å². The SMILES string of the molecule is CCNC(=NCC1(c2ccccc2)CCCC1)N(C)CC1CCOC1. The van der Waals surface area contributed by atoms with E-state index >= 15 is 0 Å². The van der Waals surface area contributed by atoms with Gasteiger partial charge in [0, 0.05) is 38.1 Å². The zero-order valence-corrected chi connectivity index (χ0v) is 15.8. The van der Waals surface area contributed by atoms with Crippen LogP contribution >= 0.6 is 0 Å². The highest BCUT2D eigenvalue weighted by Crippen LogP contribution is 2.41. The van der Waals surface area contributed by atoms with Crippen molar-refractivity contribution in [3.05, 3.63) is 35.9 Å². The standard InChI is InChI=1S/C21H33N3O/c1-3-22-20(24(2)15-18-11-14-25-16-18)23-17-21(12-7-8-13-21)19-9-5-4-6-10-19/h4-6,9-10,18H,3,7-8,11-17H2,1-2H3,(H,22,23). The predicted molar refractivity (Wildman–Crippen MR) is 104 cm³/mol. The van der Waals surface area contributed by atoms with Gasteiger partial charge in [0.05, 0.1) is 13.2 Å². The maximum Gasteiger partial charge on any atom is 0.193 e. The molecular formula is C21H33N3O. The van der Waals surface area contributed by atoms with Crippen molar-refractivity contribution in [2.24, 2.45) is 10.9 Å². The Hall–Kier alpha value is -1.55. The van der Waals surface area contributed by atoms with Crippen LogP contribution in [0.25, 0.3) is 0 Å². The minimum Gasteiger partial charge on any atom is -0.381 e. The van der Waals surface area contributed by atoms with Crippen LogP contribution in [-0.4, -0.2) is 50.8 Å². The number of guanidine groups is 1. The molecule has 0 radical (unpaired) electrons. The third-order valence-corrected chi connectivity index (χ3v) is 5.73. The van der Waals surface area contributed by atoms with Crippen molar-refractivity contribution >= 4 is 5.96 Å². The Kier molecular flexibility index (Phi) is 6.35. The molecule has 138 valence electrons. The van der Waals surface area contributed by atoms with Gasteiger partial charge in [0.2, 0.25) is 0 Å². The third kappa shape index (κ3) is 4.55. The molecule has 1 aromatic rings. The van der Waals surface area contributed by atoms with E-state index in [9.17, 15) is 0 Å². The van der Waals surface area contributed by atoms with Crippen molar-refractivity contribution < 1.29 is 4.74 Å². The molecule has 1 unspecified atom stereocenters. The Morgan fingerprint density at radius 2 is 2.04 bits per heavy atom. The molecule has 0 amide bonds. The number of benzene rings is 1. The van der Waals surface area contributed by atoms with Gasteiger partial charge >= 0.3 is 0 Å². The molecule has 4 nitrogen and oxygen atoms in total. The second kappa shape index (κ2) is 8.70. The average molecular weight is 344 g/mol. The van der Waals surface area contributed by atoms with E-state index in [4.69, 9.17) is 9.73 Å². The minimum atomic E-state index is 0.221. The number of nitrogens with zero attached hydrogens (tertiary/aromatic N) is 2. The van der Waals surface area contributed by atoms with Gasteiger partial charge in [-0.15, -0.1) is 0 Å². The predicted octanol–water partition coefficient (Wildman–Crippen LogP) is 3.43. The molecule has 1 heterocycles. The van der Waals surface area contributed by atoms with E-state index in [2.05, 4.69) is 54.5 Å². The first-order chi connectivity index (χ1) is 12.2. The first-order valence-corrected chi connectivity index (χ1v) is 9.86. The lowest BCUT2D eigenvalue weighted by Gasteiger charge is -2.30. The van der Waals surface area contributed by atoms with Crippen molar-refractivity contribution in [1.82, 2.24) is 10.2 Å². The maximum absolute atomic E-state index is 5.53. The summed E-state index contributed by atoms with van der Waals surface area (Å²) in [4.78, 5) is 7.36. The topological polar surface area (TPSA) is 36.9 Å². The lowest BCUT2D eigenvalue weighted by Crippen LogP contribution is -2.42. The van der Waals surface area contributed by atoms with E-state index in [0.717, 1.165) is 45.2 Å². The van der Waals surface area contributed by atoms with Crippen molar-refractivity contribution in [2.75, 3.05) is 39.9 Å². The van der Waals surface area contributed by atoms with Crippen LogP contribution in [0.15, 0.2) is 35.3 Å². The van der Waals surface area contributed by atoms with Gasteiger partial charge in [-0.05, 0) is 31.7 Å². The number of rotatable bonds is 6. The highest BCUT2D eigenvalue weighted by atomic mass is 16.5. The van der Waals surface area contributed by atoms with Crippen LogP contribution in [0.3, 0.4) is 0 Å². The summed E-state index contributed by atoms with van der Waals surface area (Å²) in [7, 11) is 2.16. The molecule has 1 aliphatic carbocycles. The molecule has 1 saturated heterocycles. The smallest absolute Gasteiger partial charge is 0.193 e. The largest absolute Gasteiger partial charge is 0.381 e. The molecule has 0 aromatic heterocycles. The third-order valence-electron chi connectivity index (χ3n) is 5.73. The highest BCUT2D eigenvalue weighted by Gasteiger charge is 2.35. The zero-order valence-electron chi connectivity index (χ0n) is 15.8. The number of hydrogen-bond donors (Lipinski definition) is 1. The van der Waals surface area contributed by atoms with E-state index in [1.54, 1.807) is 0 Å². The molecule has 2 aliphatic rings. The van der Waals surface area contributed by atoms with Crippen LogP contribution in [0, 0.1) is 5.92 Å². The molecule has 3 rings (SSSR count). The van der Waals surface area contributed by atoms with Gasteiger partial charge < -0.3 is 15.0 Å². The van der Waals surface area contributed by atoms with Crippen molar-refractivity contribution in [3.63, 3.8) is 0 Å². The van der Waals surface area contributed by atoms with E-state index in [1.165, 1.54) is 31.2 Å². The summed E-state index contributed by atoms with van der Waals surface area (Å²) in [5.41, 5.74) is 1.68. The average Bonchev–Trinajstić information content (AvgIpc) is 3.32. The van der Waals surface area contributed by atoms with Crippen LogP contribution in [-0.2, 0) is 10.2 Å². The fraction of sp³-hybridized carbons (Fsp3) is 0.667. The van der Waals surface area contributed by atoms with E-state index in [0.29, 0.717) is 5.92 Å². The monoisotopic (exact) mass is 343 g/mol. The number of aliphatic imine (C=N–C) groups is 1. The van der Waals surface area contributed by atoms with Gasteiger partial charge in [0.15, 0.2) is 5.96 Å².